The molecule has 0 saturated carbocycles. The highest BCUT2D eigenvalue weighted by molar-refractivity contribution is 5.88. The van der Waals surface area contributed by atoms with E-state index in [1.807, 2.05) is 13.8 Å². The molecular weight excluding hydrogens is 513 g/mol. The SMILES string of the molecule is CC.CCCCC/C(N)=C/N(N)Cc1c2c(nc3cc(F)c(C)cc13)-c1cc(C(O)C=O)c(COC)c(=O)n1C2. The highest BCUT2D eigenvalue weighted by Crippen LogP contribution is 2.38. The monoisotopic (exact) mass is 553 g/mol. The number of ether oxygens (including phenoxy) is 1. The fraction of sp³-hybridized carbons (Fsp3) is 0.433. The summed E-state index contributed by atoms with van der Waals surface area (Å²) in [5, 5.41) is 12.6. The number of benzene rings is 1. The number of unbranched alkanes of at least 4 members (excludes halogenated alkanes) is 2. The number of nitrogens with two attached hydrogens (primary N) is 2. The molecule has 0 fully saturated rings. The van der Waals surface area contributed by atoms with Gasteiger partial charge in [0.25, 0.3) is 5.56 Å². The highest BCUT2D eigenvalue weighted by Gasteiger charge is 2.30. The molecule has 1 aliphatic heterocycles. The van der Waals surface area contributed by atoms with E-state index in [2.05, 4.69) is 6.92 Å². The maximum atomic E-state index is 14.6. The molecule has 1 aromatic carbocycles. The van der Waals surface area contributed by atoms with E-state index in [1.165, 1.54) is 22.8 Å². The van der Waals surface area contributed by atoms with Gasteiger partial charge in [-0.3, -0.25) is 4.79 Å². The zero-order chi connectivity index (χ0) is 29.6. The number of aromatic nitrogens is 2. The van der Waals surface area contributed by atoms with Crippen molar-refractivity contribution in [3.63, 3.8) is 0 Å². The molecule has 3 aromatic rings. The van der Waals surface area contributed by atoms with Gasteiger partial charge in [0.1, 0.15) is 11.9 Å². The van der Waals surface area contributed by atoms with E-state index >= 15 is 0 Å². The average molecular weight is 554 g/mol. The summed E-state index contributed by atoms with van der Waals surface area (Å²) in [5.41, 5.74) is 10.2. The van der Waals surface area contributed by atoms with E-state index in [0.29, 0.717) is 34.5 Å². The van der Waals surface area contributed by atoms with Gasteiger partial charge < -0.3 is 29.9 Å². The van der Waals surface area contributed by atoms with Crippen molar-refractivity contribution in [2.24, 2.45) is 11.6 Å². The standard InChI is InChI=1S/C28H34FN5O4.C2H6/c1-4-5-6-7-17(30)11-33(31)12-20-18-8-16(2)23(29)10-24(18)32-27-21(20)13-34-25(27)9-19(26(36)14-35)22(15-38-3)28(34)37;1-2/h8-11,14,26,36H,4-7,12-13,15,30-31H2,1-3H3;1-2H3/b17-11-;. The minimum absolute atomic E-state index is 0.0684. The molecule has 1 atom stereocenters. The summed E-state index contributed by atoms with van der Waals surface area (Å²) in [5.74, 6) is 5.97. The van der Waals surface area contributed by atoms with Crippen molar-refractivity contribution in [3.05, 3.63) is 74.1 Å². The topological polar surface area (TPSA) is 137 Å². The average Bonchev–Trinajstić information content (AvgIpc) is 3.30. The first-order chi connectivity index (χ1) is 19.2. The van der Waals surface area contributed by atoms with Crippen molar-refractivity contribution in [2.45, 2.75) is 79.2 Å². The summed E-state index contributed by atoms with van der Waals surface area (Å²) in [6.45, 7) is 8.19. The zero-order valence-corrected chi connectivity index (χ0v) is 24.0. The van der Waals surface area contributed by atoms with Gasteiger partial charge in [0, 0.05) is 47.1 Å². The number of halogens is 1. The summed E-state index contributed by atoms with van der Waals surface area (Å²) in [7, 11) is 1.43. The van der Waals surface area contributed by atoms with Crippen LogP contribution >= 0.6 is 0 Å². The maximum absolute atomic E-state index is 14.6. The Hall–Kier alpha value is -3.60. The molecule has 5 N–H and O–H groups in total. The fourth-order valence-electron chi connectivity index (χ4n) is 4.99. The Kier molecular flexibility index (Phi) is 10.6. The molecule has 4 rings (SSSR count). The molecule has 2 aromatic heterocycles. The van der Waals surface area contributed by atoms with Crippen LogP contribution in [-0.2, 0) is 29.2 Å². The van der Waals surface area contributed by atoms with Gasteiger partial charge in [-0.05, 0) is 43.0 Å². The first kappa shape index (κ1) is 30.9. The van der Waals surface area contributed by atoms with Gasteiger partial charge in [-0.25, -0.2) is 15.2 Å². The second kappa shape index (κ2) is 13.6. The minimum atomic E-state index is -1.50. The first-order valence-electron chi connectivity index (χ1n) is 13.7. The minimum Gasteiger partial charge on any atom is -0.401 e. The van der Waals surface area contributed by atoms with Crippen LogP contribution in [0.4, 0.5) is 4.39 Å². The molecule has 40 heavy (non-hydrogen) atoms. The smallest absolute Gasteiger partial charge is 0.257 e. The van der Waals surface area contributed by atoms with E-state index in [4.69, 9.17) is 21.3 Å². The van der Waals surface area contributed by atoms with Crippen molar-refractivity contribution < 1.29 is 19.0 Å². The number of fused-ring (bicyclic) bond motifs is 4. The third kappa shape index (κ3) is 6.24. The predicted molar refractivity (Wildman–Crippen MR) is 154 cm³/mol. The van der Waals surface area contributed by atoms with Gasteiger partial charge in [0.2, 0.25) is 0 Å². The van der Waals surface area contributed by atoms with Gasteiger partial charge in [0.05, 0.1) is 36.6 Å². The molecule has 0 amide bonds. The van der Waals surface area contributed by atoms with Crippen LogP contribution in [-0.4, -0.2) is 33.1 Å². The lowest BCUT2D eigenvalue weighted by Gasteiger charge is -2.19. The zero-order valence-electron chi connectivity index (χ0n) is 24.0. The largest absolute Gasteiger partial charge is 0.401 e. The molecule has 0 spiro atoms. The van der Waals surface area contributed by atoms with Crippen LogP contribution in [0.1, 0.15) is 80.4 Å². The number of nitrogens with zero attached hydrogens (tertiary/aromatic N) is 3. The van der Waals surface area contributed by atoms with E-state index in [1.54, 1.807) is 25.3 Å². The van der Waals surface area contributed by atoms with Crippen molar-refractivity contribution in [1.29, 1.82) is 0 Å². The third-order valence-electron chi connectivity index (χ3n) is 6.96. The van der Waals surface area contributed by atoms with E-state index in [-0.39, 0.29) is 36.4 Å². The van der Waals surface area contributed by atoms with Crippen LogP contribution in [0.5, 0.6) is 0 Å². The Labute approximate surface area is 234 Å². The van der Waals surface area contributed by atoms with Gasteiger partial charge in [0.15, 0.2) is 6.29 Å². The highest BCUT2D eigenvalue weighted by atomic mass is 19.1. The Bertz CT molecular complexity index is 1470. The molecule has 1 aliphatic rings. The number of rotatable bonds is 11. The van der Waals surface area contributed by atoms with Crippen LogP contribution in [0, 0.1) is 12.7 Å². The summed E-state index contributed by atoms with van der Waals surface area (Å²) in [4.78, 5) is 29.6. The fourth-order valence-corrected chi connectivity index (χ4v) is 4.99. The number of hydrazine groups is 1. The summed E-state index contributed by atoms with van der Waals surface area (Å²) < 4.78 is 21.3. The number of aryl methyl sites for hydroxylation is 1. The van der Waals surface area contributed by atoms with Crippen molar-refractivity contribution in [3.8, 4) is 11.4 Å². The van der Waals surface area contributed by atoms with Gasteiger partial charge in [-0.2, -0.15) is 0 Å². The summed E-state index contributed by atoms with van der Waals surface area (Å²) in [6, 6.07) is 4.68. The number of carbonyl (C=O) groups excluding carboxylic acids is 1. The Morgan fingerprint density at radius 1 is 1.27 bits per heavy atom. The summed E-state index contributed by atoms with van der Waals surface area (Å²) >= 11 is 0. The van der Waals surface area contributed by atoms with Crippen LogP contribution in [0.2, 0.25) is 0 Å². The molecule has 10 heteroatoms. The molecule has 0 saturated heterocycles. The van der Waals surface area contributed by atoms with Gasteiger partial charge in [-0.1, -0.05) is 33.6 Å². The van der Waals surface area contributed by atoms with Crippen molar-refractivity contribution in [2.75, 3.05) is 7.11 Å². The Balaban J connectivity index is 0.00000216. The lowest BCUT2D eigenvalue weighted by atomic mass is 9.98. The van der Waals surface area contributed by atoms with E-state index < -0.39 is 11.9 Å². The predicted octanol–water partition coefficient (Wildman–Crippen LogP) is 4.33. The molecule has 0 bridgehead atoms. The lowest BCUT2D eigenvalue weighted by Crippen LogP contribution is -2.28. The number of hydrogen-bond donors (Lipinski definition) is 3. The molecule has 0 aliphatic carbocycles. The van der Waals surface area contributed by atoms with Gasteiger partial charge in [-0.15, -0.1) is 0 Å². The number of aliphatic hydroxyl groups excluding tert-OH is 1. The van der Waals surface area contributed by atoms with E-state index in [0.717, 1.165) is 42.2 Å². The molecule has 1 unspecified atom stereocenters. The van der Waals surface area contributed by atoms with Crippen molar-refractivity contribution in [1.82, 2.24) is 14.6 Å². The second-order valence-corrected chi connectivity index (χ2v) is 9.74. The number of aldehydes is 1. The van der Waals surface area contributed by atoms with Crippen LogP contribution in [0.25, 0.3) is 22.3 Å². The van der Waals surface area contributed by atoms with Crippen molar-refractivity contribution >= 4 is 17.2 Å². The van der Waals surface area contributed by atoms with Gasteiger partial charge >= 0.3 is 0 Å². The normalized spacial score (nSPS) is 12.9. The first-order valence-corrected chi connectivity index (χ1v) is 13.7. The molecule has 0 radical (unpaired) electrons. The second-order valence-electron chi connectivity index (χ2n) is 9.74. The number of aliphatic hydroxyl groups is 1. The lowest BCUT2D eigenvalue weighted by molar-refractivity contribution is -0.115. The molecule has 3 heterocycles. The molecule has 216 valence electrons. The third-order valence-corrected chi connectivity index (χ3v) is 6.96. The maximum Gasteiger partial charge on any atom is 0.257 e. The number of pyridine rings is 2. The summed E-state index contributed by atoms with van der Waals surface area (Å²) in [6.07, 6.45) is 4.42. The Morgan fingerprint density at radius 2 is 2.00 bits per heavy atom. The molecular formula is C30H40FN5O4. The number of methoxy groups -OCH3 is 1. The Morgan fingerprint density at radius 3 is 2.65 bits per heavy atom. The van der Waals surface area contributed by atoms with Crippen LogP contribution in [0.15, 0.2) is 34.9 Å². The number of hydrogen-bond acceptors (Lipinski definition) is 8. The molecule has 9 nitrogen and oxygen atoms in total. The quantitative estimate of drug-likeness (QED) is 0.108. The van der Waals surface area contributed by atoms with Crippen LogP contribution in [0.3, 0.4) is 0 Å². The van der Waals surface area contributed by atoms with E-state index in [9.17, 15) is 19.1 Å². The van der Waals surface area contributed by atoms with Crippen LogP contribution < -0.4 is 17.1 Å². The number of carbonyl (C=O) groups is 1. The number of allylic oxidation sites excluding steroid dienone is 1.